The lowest BCUT2D eigenvalue weighted by Crippen LogP contribution is -2.49. The van der Waals surface area contributed by atoms with Crippen LogP contribution in [-0.2, 0) is 17.6 Å². The molecule has 1 heterocycles. The van der Waals surface area contributed by atoms with Crippen LogP contribution in [-0.4, -0.2) is 28.7 Å². The third kappa shape index (κ3) is 4.27. The summed E-state index contributed by atoms with van der Waals surface area (Å²) < 4.78 is 37.5. The SMILES string of the molecule is C[C@H]1CCc2sc(C(=O)NNC(=O)C[C@@](C)(O)C(F)(F)F)cc2C1. The molecule has 24 heavy (non-hydrogen) atoms. The van der Waals surface area contributed by atoms with Crippen LogP contribution in [0.3, 0.4) is 0 Å². The van der Waals surface area contributed by atoms with Crippen LogP contribution >= 0.6 is 11.3 Å². The van der Waals surface area contributed by atoms with E-state index >= 15 is 0 Å². The van der Waals surface area contributed by atoms with Crippen LogP contribution in [0.2, 0.25) is 0 Å². The molecule has 0 saturated carbocycles. The van der Waals surface area contributed by atoms with Crippen molar-refractivity contribution in [3.05, 3.63) is 21.4 Å². The topological polar surface area (TPSA) is 78.4 Å². The molecule has 2 rings (SSSR count). The largest absolute Gasteiger partial charge is 0.417 e. The molecule has 0 spiro atoms. The predicted octanol–water partition coefficient (Wildman–Crippen LogP) is 2.34. The molecule has 3 N–H and O–H groups in total. The van der Waals surface area contributed by atoms with Crippen molar-refractivity contribution in [1.82, 2.24) is 10.9 Å². The Morgan fingerprint density at radius 2 is 2.04 bits per heavy atom. The van der Waals surface area contributed by atoms with Gasteiger partial charge in [0, 0.05) is 4.88 Å². The molecule has 0 fully saturated rings. The number of alkyl halides is 3. The molecule has 9 heteroatoms. The second-order valence-electron chi connectivity index (χ2n) is 6.36. The fraction of sp³-hybridized carbons (Fsp3) is 0.600. The van der Waals surface area contributed by atoms with Crippen LogP contribution in [0, 0.1) is 5.92 Å². The van der Waals surface area contributed by atoms with Gasteiger partial charge in [-0.05, 0) is 43.7 Å². The standard InChI is InChI=1S/C15H19F3N2O3S/c1-8-3-4-10-9(5-8)6-11(24-10)13(22)20-19-12(21)7-14(2,23)15(16,17)18/h6,8,23H,3-5,7H2,1-2H3,(H,19,21)(H,20,22)/t8-,14+/m0/s1. The molecule has 0 saturated heterocycles. The van der Waals surface area contributed by atoms with Gasteiger partial charge in [0.2, 0.25) is 5.91 Å². The predicted molar refractivity (Wildman–Crippen MR) is 82.4 cm³/mol. The lowest BCUT2D eigenvalue weighted by Gasteiger charge is -2.25. The van der Waals surface area contributed by atoms with Gasteiger partial charge in [0.1, 0.15) is 0 Å². The molecular weight excluding hydrogens is 345 g/mol. The van der Waals surface area contributed by atoms with E-state index in [9.17, 15) is 27.9 Å². The average molecular weight is 364 g/mol. The smallest absolute Gasteiger partial charge is 0.380 e. The first-order valence-electron chi connectivity index (χ1n) is 7.49. The lowest BCUT2D eigenvalue weighted by molar-refractivity contribution is -0.253. The molecule has 0 radical (unpaired) electrons. The minimum atomic E-state index is -4.93. The van der Waals surface area contributed by atoms with E-state index in [1.165, 1.54) is 11.3 Å². The van der Waals surface area contributed by atoms with Crippen molar-refractivity contribution in [3.8, 4) is 0 Å². The highest BCUT2D eigenvalue weighted by molar-refractivity contribution is 7.14. The molecule has 5 nitrogen and oxygen atoms in total. The number of fused-ring (bicyclic) bond motifs is 1. The number of hydrogen-bond acceptors (Lipinski definition) is 4. The summed E-state index contributed by atoms with van der Waals surface area (Å²) in [6.45, 7) is 2.63. The number of carbonyl (C=O) groups is 2. The highest BCUT2D eigenvalue weighted by atomic mass is 32.1. The third-order valence-electron chi connectivity index (χ3n) is 3.98. The van der Waals surface area contributed by atoms with E-state index in [2.05, 4.69) is 12.3 Å². The monoisotopic (exact) mass is 364 g/mol. The van der Waals surface area contributed by atoms with Crippen molar-refractivity contribution < 1.29 is 27.9 Å². The van der Waals surface area contributed by atoms with Crippen LogP contribution in [0.25, 0.3) is 0 Å². The van der Waals surface area contributed by atoms with E-state index in [1.54, 1.807) is 6.07 Å². The van der Waals surface area contributed by atoms with Gasteiger partial charge in [-0.3, -0.25) is 20.4 Å². The quantitative estimate of drug-likeness (QED) is 0.721. The number of hydrazine groups is 1. The van der Waals surface area contributed by atoms with E-state index in [1.807, 2.05) is 5.43 Å². The van der Waals surface area contributed by atoms with Gasteiger partial charge in [-0.15, -0.1) is 11.3 Å². The summed E-state index contributed by atoms with van der Waals surface area (Å²) in [7, 11) is 0. The van der Waals surface area contributed by atoms with Gasteiger partial charge in [-0.1, -0.05) is 6.92 Å². The number of aliphatic hydroxyl groups is 1. The first kappa shape index (κ1) is 18.7. The number of thiophene rings is 1. The first-order chi connectivity index (χ1) is 11.0. The van der Waals surface area contributed by atoms with Crippen LogP contribution in [0.5, 0.6) is 0 Å². The number of halogens is 3. The van der Waals surface area contributed by atoms with E-state index in [0.717, 1.165) is 29.7 Å². The summed E-state index contributed by atoms with van der Waals surface area (Å²) >= 11 is 1.32. The molecule has 0 aromatic carbocycles. The maximum atomic E-state index is 12.5. The Bertz CT molecular complexity index is 640. The van der Waals surface area contributed by atoms with Crippen molar-refractivity contribution in [1.29, 1.82) is 0 Å². The molecule has 1 aromatic rings. The summed E-state index contributed by atoms with van der Waals surface area (Å²) in [6, 6.07) is 1.75. The Labute approximate surface area is 141 Å². The number of rotatable bonds is 3. The Balaban J connectivity index is 1.91. The zero-order valence-corrected chi connectivity index (χ0v) is 14.1. The molecule has 0 aliphatic heterocycles. The Morgan fingerprint density at radius 1 is 1.38 bits per heavy atom. The summed E-state index contributed by atoms with van der Waals surface area (Å²) in [5.74, 6) is -1.16. The maximum Gasteiger partial charge on any atom is 0.417 e. The molecule has 134 valence electrons. The van der Waals surface area contributed by atoms with Gasteiger partial charge < -0.3 is 5.11 Å². The number of amides is 2. The van der Waals surface area contributed by atoms with Gasteiger partial charge in [0.25, 0.3) is 5.91 Å². The Hall–Kier alpha value is -1.61. The first-order valence-corrected chi connectivity index (χ1v) is 8.31. The normalized spacial score (nSPS) is 20.0. The molecular formula is C15H19F3N2O3S. The van der Waals surface area contributed by atoms with Crippen molar-refractivity contribution in [2.24, 2.45) is 5.92 Å². The molecule has 1 aliphatic rings. The summed E-state index contributed by atoms with van der Waals surface area (Å²) in [6.07, 6.45) is -3.29. The van der Waals surface area contributed by atoms with Gasteiger partial charge in [-0.2, -0.15) is 13.2 Å². The fourth-order valence-electron chi connectivity index (χ4n) is 2.46. The Kier molecular flexibility index (Phi) is 5.24. The van der Waals surface area contributed by atoms with Crippen molar-refractivity contribution >= 4 is 23.2 Å². The number of aryl methyl sites for hydroxylation is 1. The molecule has 2 amide bonds. The lowest BCUT2D eigenvalue weighted by atomic mass is 9.90. The molecule has 1 aliphatic carbocycles. The van der Waals surface area contributed by atoms with Crippen LogP contribution < -0.4 is 10.9 Å². The Morgan fingerprint density at radius 3 is 2.67 bits per heavy atom. The highest BCUT2D eigenvalue weighted by Gasteiger charge is 2.51. The highest BCUT2D eigenvalue weighted by Crippen LogP contribution is 2.33. The van der Waals surface area contributed by atoms with Gasteiger partial charge in [0.05, 0.1) is 11.3 Å². The minimum absolute atomic E-state index is 0.400. The van der Waals surface area contributed by atoms with Crippen LogP contribution in [0.15, 0.2) is 6.07 Å². The number of hydrogen-bond donors (Lipinski definition) is 3. The minimum Gasteiger partial charge on any atom is -0.380 e. The van der Waals surface area contributed by atoms with E-state index in [-0.39, 0.29) is 0 Å². The third-order valence-corrected chi connectivity index (χ3v) is 5.22. The summed E-state index contributed by atoms with van der Waals surface area (Å²) in [5, 5.41) is 9.24. The van der Waals surface area contributed by atoms with E-state index in [0.29, 0.717) is 17.7 Å². The fourth-order valence-corrected chi connectivity index (χ4v) is 3.57. The second-order valence-corrected chi connectivity index (χ2v) is 7.49. The van der Waals surface area contributed by atoms with Gasteiger partial charge >= 0.3 is 6.18 Å². The summed E-state index contributed by atoms with van der Waals surface area (Å²) in [4.78, 5) is 25.0. The van der Waals surface area contributed by atoms with Crippen molar-refractivity contribution in [2.45, 2.75) is 51.3 Å². The van der Waals surface area contributed by atoms with Crippen LogP contribution in [0.1, 0.15) is 46.8 Å². The number of carbonyl (C=O) groups excluding carboxylic acids is 2. The van der Waals surface area contributed by atoms with Crippen molar-refractivity contribution in [3.63, 3.8) is 0 Å². The molecule has 1 aromatic heterocycles. The second kappa shape index (κ2) is 6.72. The van der Waals surface area contributed by atoms with E-state index < -0.39 is 30.0 Å². The summed E-state index contributed by atoms with van der Waals surface area (Å²) in [5.41, 5.74) is 1.95. The molecule has 2 atom stereocenters. The number of nitrogens with one attached hydrogen (secondary N) is 2. The van der Waals surface area contributed by atoms with Crippen LogP contribution in [0.4, 0.5) is 13.2 Å². The molecule has 0 bridgehead atoms. The van der Waals surface area contributed by atoms with E-state index in [4.69, 9.17) is 0 Å². The zero-order valence-electron chi connectivity index (χ0n) is 13.3. The molecule has 0 unspecified atom stereocenters. The average Bonchev–Trinajstić information content (AvgIpc) is 2.86. The van der Waals surface area contributed by atoms with Crippen molar-refractivity contribution in [2.75, 3.05) is 0 Å². The van der Waals surface area contributed by atoms with Gasteiger partial charge in [-0.25, -0.2) is 0 Å². The maximum absolute atomic E-state index is 12.5. The zero-order chi connectivity index (χ0) is 18.1. The van der Waals surface area contributed by atoms with Gasteiger partial charge in [0.15, 0.2) is 5.60 Å².